The molecule has 2 rings (SSSR count). The van der Waals surface area contributed by atoms with Crippen molar-refractivity contribution in [1.29, 1.82) is 0 Å². The van der Waals surface area contributed by atoms with Crippen LogP contribution in [0.4, 0.5) is 0 Å². The molecule has 0 aliphatic carbocycles. The molecule has 1 aliphatic heterocycles. The Balaban J connectivity index is 2.37. The van der Waals surface area contributed by atoms with Crippen molar-refractivity contribution in [3.05, 3.63) is 11.4 Å². The molecule has 1 aromatic heterocycles. The van der Waals surface area contributed by atoms with Gasteiger partial charge in [-0.15, -0.1) is 0 Å². The number of H-pyrrole nitrogens is 1. The summed E-state index contributed by atoms with van der Waals surface area (Å²) in [6, 6.07) is 0. The predicted molar refractivity (Wildman–Crippen MR) is 74.6 cm³/mol. The van der Waals surface area contributed by atoms with E-state index in [0.717, 1.165) is 12.8 Å². The average molecular weight is 302 g/mol. The van der Waals surface area contributed by atoms with Crippen molar-refractivity contribution in [1.82, 2.24) is 14.5 Å². The number of aromatic nitrogens is 2. The Morgan fingerprint density at radius 3 is 2.85 bits per heavy atom. The molecule has 0 bridgehead atoms. The maximum Gasteiger partial charge on any atom is 0.246 e. The first kappa shape index (κ1) is 15.4. The first-order chi connectivity index (χ1) is 9.34. The molecule has 20 heavy (non-hydrogen) atoms. The predicted octanol–water partition coefficient (Wildman–Crippen LogP) is 0.366. The van der Waals surface area contributed by atoms with Crippen LogP contribution >= 0.6 is 0 Å². The average Bonchev–Trinajstić information content (AvgIpc) is 2.80. The van der Waals surface area contributed by atoms with Crippen LogP contribution < -0.4 is 5.73 Å². The Morgan fingerprint density at radius 2 is 2.25 bits per heavy atom. The van der Waals surface area contributed by atoms with Gasteiger partial charge in [0.1, 0.15) is 4.90 Å². The van der Waals surface area contributed by atoms with Gasteiger partial charge < -0.3 is 10.5 Å². The summed E-state index contributed by atoms with van der Waals surface area (Å²) in [6.45, 7) is 4.56. The first-order valence-electron chi connectivity index (χ1n) is 6.63. The third-order valence-electron chi connectivity index (χ3n) is 3.87. The van der Waals surface area contributed by atoms with Gasteiger partial charge in [-0.05, 0) is 26.7 Å². The molecule has 0 saturated carbocycles. The minimum Gasteiger partial charge on any atom is -0.377 e. The second kappa shape index (κ2) is 5.44. The van der Waals surface area contributed by atoms with Gasteiger partial charge in [-0.2, -0.15) is 9.40 Å². The second-order valence-corrected chi connectivity index (χ2v) is 7.30. The summed E-state index contributed by atoms with van der Waals surface area (Å²) in [7, 11) is -1.98. The van der Waals surface area contributed by atoms with Crippen molar-refractivity contribution in [2.75, 3.05) is 20.2 Å². The van der Waals surface area contributed by atoms with Gasteiger partial charge in [0.2, 0.25) is 10.0 Å². The van der Waals surface area contributed by atoms with Crippen molar-refractivity contribution in [3.8, 4) is 0 Å². The molecule has 0 aromatic carbocycles. The number of nitrogens with one attached hydrogen (secondary N) is 1. The van der Waals surface area contributed by atoms with Crippen LogP contribution in [-0.2, 0) is 21.3 Å². The van der Waals surface area contributed by atoms with Gasteiger partial charge in [0.05, 0.1) is 17.0 Å². The zero-order chi connectivity index (χ0) is 15.0. The third kappa shape index (κ3) is 2.60. The number of nitrogens with two attached hydrogens (primary N) is 1. The van der Waals surface area contributed by atoms with E-state index < -0.39 is 15.6 Å². The number of methoxy groups -OCH3 is 1. The van der Waals surface area contributed by atoms with Crippen molar-refractivity contribution >= 4 is 10.0 Å². The monoisotopic (exact) mass is 302 g/mol. The van der Waals surface area contributed by atoms with Crippen LogP contribution in [0.2, 0.25) is 0 Å². The smallest absolute Gasteiger partial charge is 0.246 e. The van der Waals surface area contributed by atoms with Crippen molar-refractivity contribution in [2.24, 2.45) is 5.73 Å². The van der Waals surface area contributed by atoms with Crippen molar-refractivity contribution < 1.29 is 13.2 Å². The Hall–Kier alpha value is -0.960. The largest absolute Gasteiger partial charge is 0.377 e. The number of hydrogen-bond donors (Lipinski definition) is 2. The lowest BCUT2D eigenvalue weighted by molar-refractivity contribution is -0.0319. The molecule has 1 unspecified atom stereocenters. The molecule has 0 spiro atoms. The molecule has 114 valence electrons. The van der Waals surface area contributed by atoms with Gasteiger partial charge in [-0.1, -0.05) is 0 Å². The molecule has 0 amide bonds. The number of piperidine rings is 1. The van der Waals surface area contributed by atoms with Crippen molar-refractivity contribution in [2.45, 2.75) is 43.7 Å². The van der Waals surface area contributed by atoms with E-state index in [1.807, 2.05) is 6.92 Å². The first-order valence-corrected chi connectivity index (χ1v) is 8.07. The van der Waals surface area contributed by atoms with Gasteiger partial charge in [0.15, 0.2) is 0 Å². The fraction of sp³-hybridized carbons (Fsp3) is 0.750. The fourth-order valence-electron chi connectivity index (χ4n) is 2.61. The normalized spacial score (nSPS) is 25.0. The van der Waals surface area contributed by atoms with E-state index in [1.54, 1.807) is 14.0 Å². The van der Waals surface area contributed by atoms with Crippen LogP contribution in [0, 0.1) is 6.92 Å². The molecule has 1 aliphatic rings. The van der Waals surface area contributed by atoms with Gasteiger partial charge in [-0.25, -0.2) is 8.42 Å². The molecular weight excluding hydrogens is 280 g/mol. The van der Waals surface area contributed by atoms with E-state index >= 15 is 0 Å². The quantitative estimate of drug-likeness (QED) is 0.836. The summed E-state index contributed by atoms with van der Waals surface area (Å²) in [6.07, 6.45) is 1.63. The molecule has 1 aromatic rings. The molecule has 2 heterocycles. The van der Waals surface area contributed by atoms with Crippen LogP contribution in [0.15, 0.2) is 4.90 Å². The molecule has 7 nitrogen and oxygen atoms in total. The lowest BCUT2D eigenvalue weighted by Gasteiger charge is -2.38. The maximum absolute atomic E-state index is 12.8. The van der Waals surface area contributed by atoms with Gasteiger partial charge in [0.25, 0.3) is 0 Å². The summed E-state index contributed by atoms with van der Waals surface area (Å²) < 4.78 is 32.5. The second-order valence-electron chi connectivity index (χ2n) is 5.42. The number of hydrogen-bond acceptors (Lipinski definition) is 5. The molecule has 3 N–H and O–H groups in total. The van der Waals surface area contributed by atoms with E-state index in [2.05, 4.69) is 10.2 Å². The SMILES string of the molecule is COC1(C)CCCN(S(=O)(=O)c2c(CN)n[nH]c2C)C1. The number of rotatable bonds is 4. The Morgan fingerprint density at radius 1 is 1.55 bits per heavy atom. The molecule has 0 radical (unpaired) electrons. The number of sulfonamides is 1. The Kier molecular flexibility index (Phi) is 4.19. The summed E-state index contributed by atoms with van der Waals surface area (Å²) in [5, 5.41) is 6.67. The van der Waals surface area contributed by atoms with Crippen LogP contribution in [0.25, 0.3) is 0 Å². The molecule has 1 atom stereocenters. The van der Waals surface area contributed by atoms with Gasteiger partial charge in [-0.3, -0.25) is 5.10 Å². The van der Waals surface area contributed by atoms with Gasteiger partial charge in [0, 0.05) is 26.7 Å². The highest BCUT2D eigenvalue weighted by molar-refractivity contribution is 7.89. The van der Waals surface area contributed by atoms with Crippen LogP contribution in [0.5, 0.6) is 0 Å². The van der Waals surface area contributed by atoms with Crippen LogP contribution in [0.1, 0.15) is 31.2 Å². The summed E-state index contributed by atoms with van der Waals surface area (Å²) in [5.74, 6) is 0. The zero-order valence-electron chi connectivity index (χ0n) is 12.1. The highest BCUT2D eigenvalue weighted by atomic mass is 32.2. The van der Waals surface area contributed by atoms with Crippen molar-refractivity contribution in [3.63, 3.8) is 0 Å². The number of aromatic amines is 1. The van der Waals surface area contributed by atoms with E-state index in [1.165, 1.54) is 4.31 Å². The Bertz CT molecular complexity index is 584. The van der Waals surface area contributed by atoms with E-state index in [-0.39, 0.29) is 11.4 Å². The minimum absolute atomic E-state index is 0.0916. The number of aryl methyl sites for hydroxylation is 1. The molecule has 1 saturated heterocycles. The lowest BCUT2D eigenvalue weighted by Crippen LogP contribution is -2.49. The highest BCUT2D eigenvalue weighted by Crippen LogP contribution is 2.30. The van der Waals surface area contributed by atoms with E-state index in [4.69, 9.17) is 10.5 Å². The van der Waals surface area contributed by atoms with Gasteiger partial charge >= 0.3 is 0 Å². The van der Waals surface area contributed by atoms with Crippen LogP contribution in [-0.4, -0.2) is 48.7 Å². The third-order valence-corrected chi connectivity index (χ3v) is 5.92. The minimum atomic E-state index is -3.59. The molecule has 8 heteroatoms. The van der Waals surface area contributed by atoms with Crippen LogP contribution in [0.3, 0.4) is 0 Å². The number of ether oxygens (including phenoxy) is 1. The number of nitrogens with zero attached hydrogens (tertiary/aromatic N) is 2. The summed E-state index contributed by atoms with van der Waals surface area (Å²) in [5.41, 5.74) is 6.05. The Labute approximate surface area is 119 Å². The summed E-state index contributed by atoms with van der Waals surface area (Å²) in [4.78, 5) is 0.209. The summed E-state index contributed by atoms with van der Waals surface area (Å²) >= 11 is 0. The molecule has 1 fully saturated rings. The van der Waals surface area contributed by atoms with E-state index in [9.17, 15) is 8.42 Å². The standard InChI is InChI=1S/C12H22N4O3S/c1-9-11(10(7-13)15-14-9)20(17,18)16-6-4-5-12(2,8-16)19-3/h4-8,13H2,1-3H3,(H,14,15). The lowest BCUT2D eigenvalue weighted by atomic mass is 9.96. The molecular formula is C12H22N4O3S. The maximum atomic E-state index is 12.8. The fourth-order valence-corrected chi connectivity index (χ4v) is 4.54. The topological polar surface area (TPSA) is 101 Å². The highest BCUT2D eigenvalue weighted by Gasteiger charge is 2.39. The van der Waals surface area contributed by atoms with E-state index in [0.29, 0.717) is 24.5 Å². The zero-order valence-corrected chi connectivity index (χ0v) is 13.0.